The van der Waals surface area contributed by atoms with Crippen LogP contribution in [0.1, 0.15) is 63.9 Å². The third-order valence-electron chi connectivity index (χ3n) is 11.6. The molecule has 0 spiro atoms. The third kappa shape index (κ3) is 11.5. The Hall–Kier alpha value is -6.63. The van der Waals surface area contributed by atoms with E-state index in [-0.39, 0.29) is 24.4 Å². The fraction of sp³-hybridized carbons (Fsp3) is 0.408. The van der Waals surface area contributed by atoms with Gasteiger partial charge in [0.1, 0.15) is 29.7 Å². The highest BCUT2D eigenvalue weighted by Crippen LogP contribution is 2.30. The molecule has 4 atom stereocenters. The summed E-state index contributed by atoms with van der Waals surface area (Å²) in [5.74, 6) is 4.19. The number of imidazole rings is 1. The van der Waals surface area contributed by atoms with Crippen molar-refractivity contribution in [3.63, 3.8) is 0 Å². The molecule has 1 aromatic heterocycles. The average molecular weight is 873 g/mol. The van der Waals surface area contributed by atoms with Crippen molar-refractivity contribution < 1.29 is 33.7 Å². The van der Waals surface area contributed by atoms with Crippen molar-refractivity contribution in [2.45, 2.75) is 77.4 Å². The Bertz CT molecular complexity index is 2400. The lowest BCUT2D eigenvalue weighted by Crippen LogP contribution is -2.53. The number of hydrogen-bond donors (Lipinski definition) is 5. The van der Waals surface area contributed by atoms with Crippen LogP contribution in [0.2, 0.25) is 0 Å². The van der Waals surface area contributed by atoms with Crippen molar-refractivity contribution >= 4 is 34.7 Å². The van der Waals surface area contributed by atoms with Crippen LogP contribution in [0.15, 0.2) is 95.3 Å². The summed E-state index contributed by atoms with van der Waals surface area (Å²) in [6.45, 7) is 7.75. The number of alkyl carbamates (subject to hydrolysis) is 2. The van der Waals surface area contributed by atoms with Crippen LogP contribution < -0.4 is 16.0 Å². The first-order valence-electron chi connectivity index (χ1n) is 21.7. The summed E-state index contributed by atoms with van der Waals surface area (Å²) in [5, 5.41) is 23.0. The van der Waals surface area contributed by atoms with Gasteiger partial charge in [-0.1, -0.05) is 75.4 Å². The number of methoxy groups -OCH3 is 3. The number of rotatable bonds is 19. The molecule has 3 amide bonds. The minimum Gasteiger partial charge on any atom is -0.497 e. The zero-order chi connectivity index (χ0) is 45.8. The molecule has 3 aromatic carbocycles. The number of nitrogens with zero attached hydrogens (tertiary/aromatic N) is 4. The lowest BCUT2D eigenvalue weighted by atomic mass is 9.94. The average Bonchev–Trinajstić information content (AvgIpc) is 4.00. The number of carbonyl (C=O) groups excluding carboxylic acids is 3. The SMILES string of the molecule is C#CCCN(CC1=NCC(c2ccc3cc(-c4ccc(-c5cnc(CN(CCC)C(O)[C@@H](NC(=O)OC)C6=C(OC)C=CCC6)[nH]5)cc4)ccc3c2)N1)C(=O)[C@@H](NC(=O)OC)C(C)C. The van der Waals surface area contributed by atoms with Crippen LogP contribution in [0.5, 0.6) is 0 Å². The molecular weight excluding hydrogens is 813 g/mol. The number of aromatic amines is 1. The number of H-pyrrole nitrogens is 1. The second-order valence-electron chi connectivity index (χ2n) is 16.2. The lowest BCUT2D eigenvalue weighted by Gasteiger charge is -2.35. The quantitative estimate of drug-likeness (QED) is 0.0504. The minimum atomic E-state index is -1.07. The van der Waals surface area contributed by atoms with Gasteiger partial charge in [-0.15, -0.1) is 12.3 Å². The molecule has 0 bridgehead atoms. The molecule has 2 heterocycles. The smallest absolute Gasteiger partial charge is 0.407 e. The van der Waals surface area contributed by atoms with E-state index >= 15 is 0 Å². The summed E-state index contributed by atoms with van der Waals surface area (Å²) in [5.41, 5.74) is 5.85. The summed E-state index contributed by atoms with van der Waals surface area (Å²) in [4.78, 5) is 54.4. The zero-order valence-corrected chi connectivity index (χ0v) is 37.5. The number of terminal acetylenes is 1. The molecule has 1 aliphatic carbocycles. The summed E-state index contributed by atoms with van der Waals surface area (Å²) < 4.78 is 15.3. The van der Waals surface area contributed by atoms with Gasteiger partial charge >= 0.3 is 12.2 Å². The van der Waals surface area contributed by atoms with Gasteiger partial charge in [0.15, 0.2) is 0 Å². The highest BCUT2D eigenvalue weighted by Gasteiger charge is 2.34. The standard InChI is InChI=1S/C49H60N8O7/c1-8-10-24-57(46(58)44(31(3)4)54-48(60)63-6)30-43-51-28-40(53-43)37-22-21-35-25-34(19-20-36(35)26-37)32-15-17-33(18-16-32)39-27-50-42(52-39)29-56(23-9-2)47(59)45(55-49(61)64-7)38-13-11-12-14-41(38)62-5/h1,12,14-22,25-27,31,40,44-45,47,59H,9-11,13,23-24,28-30H2,2-7H3,(H,50,52)(H,51,53)(H,54,60)(H,55,61)/t40?,44-,45-,47?/m0/s1. The minimum absolute atomic E-state index is 0.0606. The van der Waals surface area contributed by atoms with E-state index in [9.17, 15) is 19.5 Å². The van der Waals surface area contributed by atoms with Gasteiger partial charge < -0.3 is 45.2 Å². The maximum Gasteiger partial charge on any atom is 0.407 e. The van der Waals surface area contributed by atoms with Gasteiger partial charge in [-0.05, 0) is 82.0 Å². The van der Waals surface area contributed by atoms with Crippen molar-refractivity contribution in [2.75, 3.05) is 47.5 Å². The van der Waals surface area contributed by atoms with E-state index in [0.29, 0.717) is 56.4 Å². The number of nitrogens with one attached hydrogen (secondary N) is 4. The summed E-state index contributed by atoms with van der Waals surface area (Å²) >= 11 is 0. The number of aliphatic imine (C=N–C) groups is 1. The fourth-order valence-corrected chi connectivity index (χ4v) is 8.10. The Morgan fingerprint density at radius 2 is 1.64 bits per heavy atom. The molecule has 15 heteroatoms. The van der Waals surface area contributed by atoms with Crippen LogP contribution >= 0.6 is 0 Å². The summed E-state index contributed by atoms with van der Waals surface area (Å²) in [6, 6.07) is 19.6. The number of allylic oxidation sites excluding steroid dienone is 2. The molecule has 64 heavy (non-hydrogen) atoms. The molecule has 5 N–H and O–H groups in total. The molecule has 0 radical (unpaired) electrons. The predicted molar refractivity (Wildman–Crippen MR) is 248 cm³/mol. The lowest BCUT2D eigenvalue weighted by molar-refractivity contribution is -0.133. The van der Waals surface area contributed by atoms with Gasteiger partial charge in [-0.25, -0.2) is 14.6 Å². The van der Waals surface area contributed by atoms with E-state index in [2.05, 4.69) is 92.5 Å². The molecule has 1 aliphatic heterocycles. The van der Waals surface area contributed by atoms with Gasteiger partial charge in [0, 0.05) is 19.5 Å². The number of fused-ring (bicyclic) bond motifs is 1. The van der Waals surface area contributed by atoms with Gasteiger partial charge in [-0.2, -0.15) is 0 Å². The number of benzene rings is 3. The van der Waals surface area contributed by atoms with E-state index < -0.39 is 30.5 Å². The number of aliphatic hydroxyl groups is 1. The molecule has 0 saturated carbocycles. The van der Waals surface area contributed by atoms with Gasteiger partial charge in [0.25, 0.3) is 0 Å². The van der Waals surface area contributed by atoms with Crippen LogP contribution in [-0.4, -0.2) is 115 Å². The molecule has 2 unspecified atom stereocenters. The van der Waals surface area contributed by atoms with E-state index in [4.69, 9.17) is 25.6 Å². The van der Waals surface area contributed by atoms with Crippen LogP contribution in [0, 0.1) is 18.3 Å². The van der Waals surface area contributed by atoms with Gasteiger partial charge in [0.05, 0.1) is 64.9 Å². The molecule has 338 valence electrons. The molecular formula is C49H60N8O7. The second-order valence-corrected chi connectivity index (χ2v) is 16.2. The first-order valence-corrected chi connectivity index (χ1v) is 21.7. The Morgan fingerprint density at radius 3 is 2.34 bits per heavy atom. The molecule has 15 nitrogen and oxygen atoms in total. The van der Waals surface area contributed by atoms with Gasteiger partial charge in [-0.3, -0.25) is 14.7 Å². The van der Waals surface area contributed by atoms with Crippen LogP contribution in [0.4, 0.5) is 9.59 Å². The largest absolute Gasteiger partial charge is 0.497 e. The number of amides is 3. The number of amidine groups is 1. The highest BCUT2D eigenvalue weighted by molar-refractivity contribution is 5.93. The monoisotopic (exact) mass is 872 g/mol. The Kier molecular flexibility index (Phi) is 16.2. The first kappa shape index (κ1) is 46.9. The van der Waals surface area contributed by atoms with Crippen LogP contribution in [0.3, 0.4) is 0 Å². The molecule has 0 saturated heterocycles. The van der Waals surface area contributed by atoms with E-state index in [1.165, 1.54) is 14.2 Å². The maximum atomic E-state index is 13.6. The highest BCUT2D eigenvalue weighted by atomic mass is 16.5. The Morgan fingerprint density at radius 1 is 0.938 bits per heavy atom. The molecule has 4 aromatic rings. The van der Waals surface area contributed by atoms with E-state index in [1.54, 1.807) is 18.2 Å². The van der Waals surface area contributed by atoms with Crippen molar-refractivity contribution in [1.29, 1.82) is 0 Å². The molecule has 2 aliphatic rings. The summed E-state index contributed by atoms with van der Waals surface area (Å²) in [7, 11) is 4.15. The number of hydrogen-bond acceptors (Lipinski definition) is 11. The van der Waals surface area contributed by atoms with Crippen molar-refractivity contribution in [3.05, 3.63) is 102 Å². The summed E-state index contributed by atoms with van der Waals surface area (Å²) in [6.07, 6.45) is 11.4. The maximum absolute atomic E-state index is 13.6. The third-order valence-corrected chi connectivity index (χ3v) is 11.6. The fourth-order valence-electron chi connectivity index (χ4n) is 8.10. The van der Waals surface area contributed by atoms with Crippen LogP contribution in [0.25, 0.3) is 33.2 Å². The van der Waals surface area contributed by atoms with Crippen molar-refractivity contribution in [2.24, 2.45) is 10.9 Å². The molecule has 6 rings (SSSR count). The Balaban J connectivity index is 1.10. The zero-order valence-electron chi connectivity index (χ0n) is 37.5. The predicted octanol–water partition coefficient (Wildman–Crippen LogP) is 6.68. The second kappa shape index (κ2) is 22.1. The van der Waals surface area contributed by atoms with E-state index in [0.717, 1.165) is 57.1 Å². The van der Waals surface area contributed by atoms with Crippen molar-refractivity contribution in [1.82, 2.24) is 35.7 Å². The van der Waals surface area contributed by atoms with Gasteiger partial charge in [0.2, 0.25) is 5.91 Å². The van der Waals surface area contributed by atoms with E-state index in [1.807, 2.05) is 37.8 Å². The first-order chi connectivity index (χ1) is 31.0. The number of aromatic nitrogens is 2. The molecule has 0 fully saturated rings. The number of aliphatic hydroxyl groups excluding tert-OH is 1. The topological polar surface area (TPSA) is 183 Å². The number of ether oxygens (including phenoxy) is 3. The van der Waals surface area contributed by atoms with Crippen molar-refractivity contribution in [3.8, 4) is 34.7 Å². The normalized spacial score (nSPS) is 16.1. The van der Waals surface area contributed by atoms with Crippen LogP contribution in [-0.2, 0) is 25.5 Å². The number of carbonyl (C=O) groups is 3. The Labute approximate surface area is 375 Å².